The van der Waals surface area contributed by atoms with Crippen LogP contribution in [0.5, 0.6) is 0 Å². The molecule has 0 bridgehead atoms. The summed E-state index contributed by atoms with van der Waals surface area (Å²) in [5.74, 6) is 0.138. The standard InChI is InChI=1S/C16H23BrO2/c1-14(15-9-5-4-6-10-15)13-16(18)19-12-8-3-2-7-11-17/h4-6,9-10,14H,2-3,7-8,11-13H2,1H3. The Hall–Kier alpha value is -0.830. The van der Waals surface area contributed by atoms with Crippen molar-refractivity contribution in [2.24, 2.45) is 0 Å². The summed E-state index contributed by atoms with van der Waals surface area (Å²) in [6.45, 7) is 2.62. The Bertz CT molecular complexity index is 351. The number of unbranched alkanes of at least 4 members (excludes halogenated alkanes) is 3. The normalized spacial score (nSPS) is 12.1. The van der Waals surface area contributed by atoms with Crippen LogP contribution in [-0.4, -0.2) is 17.9 Å². The van der Waals surface area contributed by atoms with Crippen LogP contribution in [0.1, 0.15) is 50.5 Å². The Morgan fingerprint density at radius 3 is 2.53 bits per heavy atom. The lowest BCUT2D eigenvalue weighted by molar-refractivity contribution is -0.144. The van der Waals surface area contributed by atoms with E-state index < -0.39 is 0 Å². The van der Waals surface area contributed by atoms with Crippen molar-refractivity contribution >= 4 is 21.9 Å². The first kappa shape index (κ1) is 16.2. The van der Waals surface area contributed by atoms with Crippen molar-refractivity contribution in [3.8, 4) is 0 Å². The van der Waals surface area contributed by atoms with E-state index in [0.717, 1.165) is 18.2 Å². The van der Waals surface area contributed by atoms with Crippen molar-refractivity contribution in [3.05, 3.63) is 35.9 Å². The zero-order valence-corrected chi connectivity index (χ0v) is 13.2. The van der Waals surface area contributed by atoms with Gasteiger partial charge in [-0.15, -0.1) is 0 Å². The highest BCUT2D eigenvalue weighted by Gasteiger charge is 2.11. The zero-order chi connectivity index (χ0) is 13.9. The minimum absolute atomic E-state index is 0.0863. The van der Waals surface area contributed by atoms with Crippen LogP contribution in [0, 0.1) is 0 Å². The Kier molecular flexibility index (Phi) is 8.55. The number of ether oxygens (including phenoxy) is 1. The van der Waals surface area contributed by atoms with Gasteiger partial charge in [0.15, 0.2) is 0 Å². The molecule has 1 rings (SSSR count). The van der Waals surface area contributed by atoms with Gasteiger partial charge < -0.3 is 4.74 Å². The second kappa shape index (κ2) is 10.0. The van der Waals surface area contributed by atoms with Crippen molar-refractivity contribution in [2.75, 3.05) is 11.9 Å². The predicted octanol–water partition coefficient (Wildman–Crippen LogP) is 4.68. The second-order valence-electron chi connectivity index (χ2n) is 4.84. The average Bonchev–Trinajstić information content (AvgIpc) is 2.43. The fraction of sp³-hybridized carbons (Fsp3) is 0.562. The van der Waals surface area contributed by atoms with Gasteiger partial charge in [0.1, 0.15) is 0 Å². The molecule has 0 radical (unpaired) electrons. The third-order valence-electron chi connectivity index (χ3n) is 3.13. The first-order chi connectivity index (χ1) is 9.24. The summed E-state index contributed by atoms with van der Waals surface area (Å²) in [5.41, 5.74) is 1.19. The quantitative estimate of drug-likeness (QED) is 0.374. The maximum Gasteiger partial charge on any atom is 0.306 e. The number of hydrogen-bond acceptors (Lipinski definition) is 2. The molecule has 19 heavy (non-hydrogen) atoms. The van der Waals surface area contributed by atoms with Crippen molar-refractivity contribution in [3.63, 3.8) is 0 Å². The number of carbonyl (C=O) groups is 1. The van der Waals surface area contributed by atoms with E-state index in [-0.39, 0.29) is 11.9 Å². The second-order valence-corrected chi connectivity index (χ2v) is 5.63. The number of benzene rings is 1. The lowest BCUT2D eigenvalue weighted by Crippen LogP contribution is -2.09. The first-order valence-corrected chi connectivity index (χ1v) is 8.12. The van der Waals surface area contributed by atoms with Gasteiger partial charge >= 0.3 is 5.97 Å². The van der Waals surface area contributed by atoms with Gasteiger partial charge in [-0.3, -0.25) is 4.79 Å². The molecular formula is C16H23BrO2. The van der Waals surface area contributed by atoms with Crippen LogP contribution in [0.3, 0.4) is 0 Å². The molecule has 0 saturated carbocycles. The summed E-state index contributed by atoms with van der Waals surface area (Å²) in [7, 11) is 0. The maximum absolute atomic E-state index is 11.7. The summed E-state index contributed by atoms with van der Waals surface area (Å²) in [4.78, 5) is 11.7. The van der Waals surface area contributed by atoms with Gasteiger partial charge in [0, 0.05) is 5.33 Å². The molecule has 0 aliphatic carbocycles. The van der Waals surface area contributed by atoms with Crippen molar-refractivity contribution in [1.82, 2.24) is 0 Å². The van der Waals surface area contributed by atoms with E-state index >= 15 is 0 Å². The molecule has 1 aromatic rings. The van der Waals surface area contributed by atoms with Crippen LogP contribution in [0.4, 0.5) is 0 Å². The van der Waals surface area contributed by atoms with Crippen LogP contribution in [0.15, 0.2) is 30.3 Å². The van der Waals surface area contributed by atoms with Crippen molar-refractivity contribution in [1.29, 1.82) is 0 Å². The molecule has 1 atom stereocenters. The minimum Gasteiger partial charge on any atom is -0.466 e. The summed E-state index contributed by atoms with van der Waals surface area (Å²) in [6, 6.07) is 10.1. The van der Waals surface area contributed by atoms with Gasteiger partial charge in [-0.05, 0) is 24.3 Å². The fourth-order valence-corrected chi connectivity index (χ4v) is 2.34. The fourth-order valence-electron chi connectivity index (χ4n) is 1.94. The monoisotopic (exact) mass is 326 g/mol. The Labute approximate surface area is 124 Å². The molecule has 0 fully saturated rings. The highest BCUT2D eigenvalue weighted by atomic mass is 79.9. The third-order valence-corrected chi connectivity index (χ3v) is 3.69. The molecule has 0 amide bonds. The van der Waals surface area contributed by atoms with Crippen molar-refractivity contribution < 1.29 is 9.53 Å². The molecule has 0 spiro atoms. The molecule has 1 unspecified atom stereocenters. The maximum atomic E-state index is 11.7. The van der Waals surface area contributed by atoms with E-state index in [9.17, 15) is 4.79 Å². The highest BCUT2D eigenvalue weighted by Crippen LogP contribution is 2.18. The SMILES string of the molecule is CC(CC(=O)OCCCCCCBr)c1ccccc1. The number of esters is 1. The molecule has 0 aliphatic heterocycles. The predicted molar refractivity (Wildman–Crippen MR) is 82.7 cm³/mol. The average molecular weight is 327 g/mol. The molecule has 2 nitrogen and oxygen atoms in total. The molecule has 0 aliphatic rings. The zero-order valence-electron chi connectivity index (χ0n) is 11.6. The van der Waals surface area contributed by atoms with E-state index in [1.54, 1.807) is 0 Å². The van der Waals surface area contributed by atoms with E-state index in [1.807, 2.05) is 18.2 Å². The Morgan fingerprint density at radius 1 is 1.16 bits per heavy atom. The minimum atomic E-state index is -0.0863. The summed E-state index contributed by atoms with van der Waals surface area (Å²) in [5, 5.41) is 1.06. The Morgan fingerprint density at radius 2 is 1.84 bits per heavy atom. The van der Waals surface area contributed by atoms with E-state index in [2.05, 4.69) is 35.0 Å². The molecule has 106 valence electrons. The lowest BCUT2D eigenvalue weighted by Gasteiger charge is -2.11. The van der Waals surface area contributed by atoms with Crippen LogP contribution >= 0.6 is 15.9 Å². The highest BCUT2D eigenvalue weighted by molar-refractivity contribution is 9.09. The van der Waals surface area contributed by atoms with E-state index in [0.29, 0.717) is 13.0 Å². The van der Waals surface area contributed by atoms with Gasteiger partial charge in [0.2, 0.25) is 0 Å². The molecule has 0 heterocycles. The van der Waals surface area contributed by atoms with Gasteiger partial charge in [-0.1, -0.05) is 66.0 Å². The number of hydrogen-bond donors (Lipinski definition) is 0. The van der Waals surface area contributed by atoms with Gasteiger partial charge in [0.25, 0.3) is 0 Å². The summed E-state index contributed by atoms with van der Waals surface area (Å²) < 4.78 is 5.26. The van der Waals surface area contributed by atoms with Crippen LogP contribution in [0.2, 0.25) is 0 Å². The van der Waals surface area contributed by atoms with Gasteiger partial charge in [-0.25, -0.2) is 0 Å². The number of carbonyl (C=O) groups excluding carboxylic acids is 1. The molecule has 1 aromatic carbocycles. The van der Waals surface area contributed by atoms with E-state index in [1.165, 1.54) is 18.4 Å². The van der Waals surface area contributed by atoms with E-state index in [4.69, 9.17) is 4.74 Å². The van der Waals surface area contributed by atoms with Crippen LogP contribution < -0.4 is 0 Å². The van der Waals surface area contributed by atoms with Crippen LogP contribution in [-0.2, 0) is 9.53 Å². The van der Waals surface area contributed by atoms with Gasteiger partial charge in [-0.2, -0.15) is 0 Å². The first-order valence-electron chi connectivity index (χ1n) is 7.00. The third kappa shape index (κ3) is 7.36. The van der Waals surface area contributed by atoms with Gasteiger partial charge in [0.05, 0.1) is 13.0 Å². The smallest absolute Gasteiger partial charge is 0.306 e. The van der Waals surface area contributed by atoms with Crippen LogP contribution in [0.25, 0.3) is 0 Å². The molecule has 0 aromatic heterocycles. The lowest BCUT2D eigenvalue weighted by atomic mass is 9.98. The largest absolute Gasteiger partial charge is 0.466 e. The molecule has 3 heteroatoms. The number of halogens is 1. The van der Waals surface area contributed by atoms with Crippen molar-refractivity contribution in [2.45, 2.75) is 44.9 Å². The molecule has 0 N–H and O–H groups in total. The molecular weight excluding hydrogens is 304 g/mol. The summed E-state index contributed by atoms with van der Waals surface area (Å²) in [6.07, 6.45) is 4.96. The summed E-state index contributed by atoms with van der Waals surface area (Å²) >= 11 is 3.41. The molecule has 0 saturated heterocycles. The number of alkyl halides is 1. The number of rotatable bonds is 9. The topological polar surface area (TPSA) is 26.3 Å². The Balaban J connectivity index is 2.14.